The fourth-order valence-corrected chi connectivity index (χ4v) is 4.85. The smallest absolute Gasteiger partial charge is 0.333 e. The Bertz CT molecular complexity index is 1020. The van der Waals surface area contributed by atoms with Crippen LogP contribution in [0, 0.1) is 0 Å². The van der Waals surface area contributed by atoms with E-state index in [-0.39, 0.29) is 5.03 Å². The minimum absolute atomic E-state index is 0.245. The van der Waals surface area contributed by atoms with Crippen molar-refractivity contribution < 1.29 is 13.2 Å². The molecule has 2 aromatic rings. The number of carbonyl (C=O) groups is 1. The van der Waals surface area contributed by atoms with Crippen LogP contribution in [0.25, 0.3) is 0 Å². The number of rotatable bonds is 4. The molecule has 0 saturated heterocycles. The number of aromatic nitrogens is 2. The maximum atomic E-state index is 12.6. The van der Waals surface area contributed by atoms with Crippen LogP contribution in [0.4, 0.5) is 16.3 Å². The molecule has 0 unspecified atom stereocenters. The predicted molar refractivity (Wildman–Crippen MR) is 106 cm³/mol. The van der Waals surface area contributed by atoms with Crippen LogP contribution in [0.5, 0.6) is 0 Å². The Hall–Kier alpha value is -2.68. The number of nitrogens with one attached hydrogen (secondary N) is 2. The molecule has 2 amide bonds. The molecule has 0 saturated carbocycles. The van der Waals surface area contributed by atoms with Gasteiger partial charge in [0.2, 0.25) is 0 Å². The van der Waals surface area contributed by atoms with E-state index >= 15 is 0 Å². The molecular formula is C19H23N5O3S. The molecule has 2 aliphatic carbocycles. The van der Waals surface area contributed by atoms with Crippen LogP contribution in [0.2, 0.25) is 0 Å². The van der Waals surface area contributed by atoms with Gasteiger partial charge in [-0.2, -0.15) is 8.42 Å². The summed E-state index contributed by atoms with van der Waals surface area (Å²) < 4.78 is 27.3. The SMILES string of the molecule is CN(C)c1cc(S(=O)(=O)NC(=O)Nc2c3c(cc4c2CCC4)CCC3)ncn1. The Labute approximate surface area is 164 Å². The molecule has 8 nitrogen and oxygen atoms in total. The number of amides is 2. The third kappa shape index (κ3) is 3.42. The van der Waals surface area contributed by atoms with Crippen molar-refractivity contribution in [1.82, 2.24) is 14.7 Å². The fourth-order valence-electron chi connectivity index (χ4n) is 4.00. The highest BCUT2D eigenvalue weighted by molar-refractivity contribution is 7.90. The van der Waals surface area contributed by atoms with Gasteiger partial charge in [-0.3, -0.25) is 0 Å². The fraction of sp³-hybridized carbons (Fsp3) is 0.421. The summed E-state index contributed by atoms with van der Waals surface area (Å²) in [5, 5.41) is 2.58. The molecule has 2 N–H and O–H groups in total. The molecule has 0 bridgehead atoms. The van der Waals surface area contributed by atoms with E-state index in [1.807, 2.05) is 0 Å². The average molecular weight is 401 g/mol. The average Bonchev–Trinajstić information content (AvgIpc) is 3.30. The summed E-state index contributed by atoms with van der Waals surface area (Å²) in [6.45, 7) is 0. The molecule has 4 rings (SSSR count). The zero-order valence-corrected chi connectivity index (χ0v) is 16.8. The minimum atomic E-state index is -4.10. The van der Waals surface area contributed by atoms with E-state index in [0.717, 1.165) is 55.3 Å². The van der Waals surface area contributed by atoms with Gasteiger partial charge >= 0.3 is 6.03 Å². The first-order valence-electron chi connectivity index (χ1n) is 9.35. The van der Waals surface area contributed by atoms with Crippen molar-refractivity contribution in [3.63, 3.8) is 0 Å². The number of anilines is 2. The van der Waals surface area contributed by atoms with Crippen molar-refractivity contribution in [3.8, 4) is 0 Å². The molecule has 0 spiro atoms. The van der Waals surface area contributed by atoms with E-state index in [4.69, 9.17) is 0 Å². The van der Waals surface area contributed by atoms with E-state index in [0.29, 0.717) is 5.82 Å². The topological polar surface area (TPSA) is 104 Å². The highest BCUT2D eigenvalue weighted by Crippen LogP contribution is 2.38. The molecule has 0 aliphatic heterocycles. The van der Waals surface area contributed by atoms with Gasteiger partial charge in [-0.05, 0) is 60.8 Å². The lowest BCUT2D eigenvalue weighted by Gasteiger charge is -2.17. The molecule has 28 heavy (non-hydrogen) atoms. The zero-order valence-electron chi connectivity index (χ0n) is 15.9. The van der Waals surface area contributed by atoms with E-state index < -0.39 is 16.1 Å². The van der Waals surface area contributed by atoms with E-state index in [1.165, 1.54) is 23.5 Å². The lowest BCUT2D eigenvalue weighted by Crippen LogP contribution is -2.35. The monoisotopic (exact) mass is 401 g/mol. The summed E-state index contributed by atoms with van der Waals surface area (Å²) in [5.74, 6) is 0.439. The second-order valence-electron chi connectivity index (χ2n) is 7.40. The standard InChI is InChI=1S/C19H23N5O3S/c1-24(2)16-10-17(21-11-20-16)28(26,27)23-19(25)22-18-14-7-3-5-12(14)9-13-6-4-8-15(13)18/h9-11H,3-8H2,1-2H3,(H2,22,23,25). The first-order chi connectivity index (χ1) is 13.3. The normalized spacial score (nSPS) is 15.1. The van der Waals surface area contributed by atoms with Crippen LogP contribution in [0.3, 0.4) is 0 Å². The molecule has 0 fully saturated rings. The molecule has 0 radical (unpaired) electrons. The predicted octanol–water partition coefficient (Wildman–Crippen LogP) is 2.03. The summed E-state index contributed by atoms with van der Waals surface area (Å²) in [6, 6.07) is 2.82. The van der Waals surface area contributed by atoms with E-state index in [9.17, 15) is 13.2 Å². The van der Waals surface area contributed by atoms with Crippen molar-refractivity contribution >= 4 is 27.6 Å². The van der Waals surface area contributed by atoms with Gasteiger partial charge in [0.15, 0.2) is 5.03 Å². The Morgan fingerprint density at radius 2 is 1.64 bits per heavy atom. The van der Waals surface area contributed by atoms with Gasteiger partial charge in [0.25, 0.3) is 10.0 Å². The van der Waals surface area contributed by atoms with Crippen molar-refractivity contribution in [3.05, 3.63) is 40.7 Å². The van der Waals surface area contributed by atoms with E-state index in [2.05, 4.69) is 26.1 Å². The maximum Gasteiger partial charge on any atom is 0.333 e. The summed E-state index contributed by atoms with van der Waals surface area (Å²) in [5.41, 5.74) is 5.62. The largest absolute Gasteiger partial charge is 0.363 e. The molecular weight excluding hydrogens is 378 g/mol. The van der Waals surface area contributed by atoms with Crippen molar-refractivity contribution in [2.45, 2.75) is 43.6 Å². The lowest BCUT2D eigenvalue weighted by atomic mass is 9.99. The van der Waals surface area contributed by atoms with Gasteiger partial charge in [0, 0.05) is 25.8 Å². The van der Waals surface area contributed by atoms with Crippen molar-refractivity contribution in [2.75, 3.05) is 24.3 Å². The van der Waals surface area contributed by atoms with Gasteiger partial charge < -0.3 is 10.2 Å². The molecule has 9 heteroatoms. The number of hydrogen-bond donors (Lipinski definition) is 2. The third-order valence-corrected chi connectivity index (χ3v) is 6.53. The zero-order chi connectivity index (χ0) is 19.9. The first kappa shape index (κ1) is 18.7. The third-order valence-electron chi connectivity index (χ3n) is 5.30. The van der Waals surface area contributed by atoms with Crippen LogP contribution < -0.4 is 14.9 Å². The second kappa shape index (κ2) is 7.05. The quantitative estimate of drug-likeness (QED) is 0.760. The van der Waals surface area contributed by atoms with Crippen LogP contribution in [-0.4, -0.2) is 38.5 Å². The molecule has 1 aromatic carbocycles. The Kier molecular flexibility index (Phi) is 4.70. The molecule has 1 heterocycles. The number of fused-ring (bicyclic) bond motifs is 2. The number of sulfonamides is 1. The summed E-state index contributed by atoms with van der Waals surface area (Å²) >= 11 is 0. The van der Waals surface area contributed by atoms with Gasteiger partial charge in [0.1, 0.15) is 12.1 Å². The van der Waals surface area contributed by atoms with Crippen LogP contribution in [0.15, 0.2) is 23.5 Å². The van der Waals surface area contributed by atoms with Crippen LogP contribution in [0.1, 0.15) is 35.1 Å². The van der Waals surface area contributed by atoms with E-state index in [1.54, 1.807) is 19.0 Å². The number of nitrogens with zero attached hydrogens (tertiary/aromatic N) is 3. The summed E-state index contributed by atoms with van der Waals surface area (Å²) in [6.07, 6.45) is 7.10. The molecule has 1 aromatic heterocycles. The van der Waals surface area contributed by atoms with Crippen molar-refractivity contribution in [2.24, 2.45) is 0 Å². The number of hydrogen-bond acceptors (Lipinski definition) is 6. The van der Waals surface area contributed by atoms with Crippen LogP contribution >= 0.6 is 0 Å². The Morgan fingerprint density at radius 1 is 1.00 bits per heavy atom. The lowest BCUT2D eigenvalue weighted by molar-refractivity contribution is 0.256. The number of aryl methyl sites for hydroxylation is 2. The van der Waals surface area contributed by atoms with Crippen molar-refractivity contribution in [1.29, 1.82) is 0 Å². The molecule has 148 valence electrons. The molecule has 2 aliphatic rings. The highest BCUT2D eigenvalue weighted by Gasteiger charge is 2.26. The first-order valence-corrected chi connectivity index (χ1v) is 10.8. The molecule has 0 atom stereocenters. The Balaban J connectivity index is 1.58. The van der Waals surface area contributed by atoms with Gasteiger partial charge in [0.05, 0.1) is 0 Å². The number of urea groups is 1. The Morgan fingerprint density at radius 3 is 2.25 bits per heavy atom. The number of benzene rings is 1. The maximum absolute atomic E-state index is 12.6. The van der Waals surface area contributed by atoms with Gasteiger partial charge in [-0.1, -0.05) is 6.07 Å². The minimum Gasteiger partial charge on any atom is -0.363 e. The van der Waals surface area contributed by atoms with Crippen LogP contribution in [-0.2, 0) is 35.7 Å². The highest BCUT2D eigenvalue weighted by atomic mass is 32.2. The summed E-state index contributed by atoms with van der Waals surface area (Å²) in [7, 11) is -0.613. The summed E-state index contributed by atoms with van der Waals surface area (Å²) in [4.78, 5) is 22.0. The van der Waals surface area contributed by atoms with Gasteiger partial charge in [-0.25, -0.2) is 19.5 Å². The number of carbonyl (C=O) groups excluding carboxylic acids is 1. The second-order valence-corrected chi connectivity index (χ2v) is 9.03. The van der Waals surface area contributed by atoms with Gasteiger partial charge in [-0.15, -0.1) is 0 Å².